The van der Waals surface area contributed by atoms with Crippen LogP contribution in [-0.4, -0.2) is 23.4 Å². The van der Waals surface area contributed by atoms with Gasteiger partial charge in [-0.05, 0) is 31.0 Å². The minimum Gasteiger partial charge on any atom is -0.337 e. The van der Waals surface area contributed by atoms with Gasteiger partial charge in [0.25, 0.3) is 0 Å². The van der Waals surface area contributed by atoms with Crippen molar-refractivity contribution in [3.63, 3.8) is 0 Å². The van der Waals surface area contributed by atoms with E-state index >= 15 is 0 Å². The fraction of sp³-hybridized carbons (Fsp3) is 0.429. The van der Waals surface area contributed by atoms with Crippen LogP contribution in [0.4, 0.5) is 0 Å². The molecule has 0 radical (unpaired) electrons. The highest BCUT2D eigenvalue weighted by Gasteiger charge is 2.16. The molecule has 0 bridgehead atoms. The van der Waals surface area contributed by atoms with Crippen LogP contribution in [0.25, 0.3) is 0 Å². The molecule has 4 heteroatoms. The molecule has 0 fully saturated rings. The van der Waals surface area contributed by atoms with Gasteiger partial charge in [-0.15, -0.1) is 0 Å². The second-order valence-electron chi connectivity index (χ2n) is 4.36. The van der Waals surface area contributed by atoms with E-state index in [1.807, 2.05) is 19.1 Å². The molecule has 0 aromatic heterocycles. The first-order valence-corrected chi connectivity index (χ1v) is 6.12. The van der Waals surface area contributed by atoms with Crippen molar-refractivity contribution in [3.05, 3.63) is 35.4 Å². The number of hydrogen-bond donors (Lipinski definition) is 1. The van der Waals surface area contributed by atoms with Gasteiger partial charge in [0.2, 0.25) is 5.91 Å². The molecule has 4 nitrogen and oxygen atoms in total. The summed E-state index contributed by atoms with van der Waals surface area (Å²) in [6.45, 7) is 4.96. The molecule has 1 aromatic carbocycles. The molecule has 0 aliphatic rings. The second-order valence-corrected chi connectivity index (χ2v) is 4.36. The van der Waals surface area contributed by atoms with E-state index in [-0.39, 0.29) is 5.91 Å². The molecule has 1 aromatic rings. The molecular weight excluding hydrogens is 226 g/mol. The van der Waals surface area contributed by atoms with Gasteiger partial charge in [-0.3, -0.25) is 4.79 Å². The van der Waals surface area contributed by atoms with E-state index in [0.29, 0.717) is 18.7 Å². The molecule has 1 amide bonds. The van der Waals surface area contributed by atoms with Crippen molar-refractivity contribution in [1.82, 2.24) is 4.90 Å². The van der Waals surface area contributed by atoms with E-state index in [1.54, 1.807) is 24.0 Å². The standard InChI is InChI=1S/C14H19N3O/c1-3-8-17(14(18)11(2)16)10-13-6-4-12(9-15)5-7-13/h4-7,11H,3,8,10,16H2,1-2H3/t11-/m1/s1. The number of benzene rings is 1. The summed E-state index contributed by atoms with van der Waals surface area (Å²) < 4.78 is 0. The Morgan fingerprint density at radius 3 is 2.50 bits per heavy atom. The van der Waals surface area contributed by atoms with E-state index in [4.69, 9.17) is 11.0 Å². The number of carbonyl (C=O) groups excluding carboxylic acids is 1. The van der Waals surface area contributed by atoms with Crippen molar-refractivity contribution in [2.24, 2.45) is 5.73 Å². The van der Waals surface area contributed by atoms with Crippen LogP contribution in [0.2, 0.25) is 0 Å². The lowest BCUT2D eigenvalue weighted by molar-refractivity contribution is -0.132. The highest BCUT2D eigenvalue weighted by atomic mass is 16.2. The smallest absolute Gasteiger partial charge is 0.239 e. The average Bonchev–Trinajstić information content (AvgIpc) is 2.38. The van der Waals surface area contributed by atoms with Crippen LogP contribution in [-0.2, 0) is 11.3 Å². The van der Waals surface area contributed by atoms with Gasteiger partial charge in [0.15, 0.2) is 0 Å². The normalized spacial score (nSPS) is 11.7. The van der Waals surface area contributed by atoms with Gasteiger partial charge in [0, 0.05) is 13.1 Å². The number of rotatable bonds is 5. The van der Waals surface area contributed by atoms with Crippen LogP contribution in [0.15, 0.2) is 24.3 Å². The molecule has 0 saturated carbocycles. The van der Waals surface area contributed by atoms with Gasteiger partial charge in [-0.25, -0.2) is 0 Å². The van der Waals surface area contributed by atoms with Gasteiger partial charge < -0.3 is 10.6 Å². The second kappa shape index (κ2) is 6.77. The average molecular weight is 245 g/mol. The minimum absolute atomic E-state index is 0.0405. The molecule has 18 heavy (non-hydrogen) atoms. The van der Waals surface area contributed by atoms with Crippen molar-refractivity contribution in [3.8, 4) is 6.07 Å². The Morgan fingerprint density at radius 2 is 2.06 bits per heavy atom. The van der Waals surface area contributed by atoms with E-state index in [9.17, 15) is 4.79 Å². The molecule has 2 N–H and O–H groups in total. The fourth-order valence-electron chi connectivity index (χ4n) is 1.73. The zero-order valence-corrected chi connectivity index (χ0v) is 10.9. The van der Waals surface area contributed by atoms with Crippen molar-refractivity contribution < 1.29 is 4.79 Å². The number of nitrogens with two attached hydrogens (primary N) is 1. The summed E-state index contributed by atoms with van der Waals surface area (Å²) in [6.07, 6.45) is 0.898. The molecule has 0 aliphatic carbocycles. The molecule has 0 spiro atoms. The Balaban J connectivity index is 2.76. The zero-order chi connectivity index (χ0) is 13.5. The van der Waals surface area contributed by atoms with E-state index in [2.05, 4.69) is 6.07 Å². The zero-order valence-electron chi connectivity index (χ0n) is 10.9. The molecule has 0 unspecified atom stereocenters. The summed E-state index contributed by atoms with van der Waals surface area (Å²) in [5, 5.41) is 8.72. The predicted octanol–water partition coefficient (Wildman–Crippen LogP) is 1.64. The van der Waals surface area contributed by atoms with Crippen LogP contribution < -0.4 is 5.73 Å². The molecule has 96 valence electrons. The Bertz CT molecular complexity index is 431. The Labute approximate surface area is 108 Å². The summed E-state index contributed by atoms with van der Waals surface area (Å²) in [4.78, 5) is 13.7. The van der Waals surface area contributed by atoms with Crippen molar-refractivity contribution in [1.29, 1.82) is 5.26 Å². The number of hydrogen-bond acceptors (Lipinski definition) is 3. The third-order valence-electron chi connectivity index (χ3n) is 2.65. The van der Waals surface area contributed by atoms with Crippen molar-refractivity contribution in [2.45, 2.75) is 32.9 Å². The first-order valence-electron chi connectivity index (χ1n) is 6.12. The highest BCUT2D eigenvalue weighted by molar-refractivity contribution is 5.81. The molecule has 0 saturated heterocycles. The lowest BCUT2D eigenvalue weighted by atomic mass is 10.1. The number of nitrogens with zero attached hydrogens (tertiary/aromatic N) is 2. The summed E-state index contributed by atoms with van der Waals surface area (Å²) in [7, 11) is 0. The SMILES string of the molecule is CCCN(Cc1ccc(C#N)cc1)C(=O)[C@@H](C)N. The lowest BCUT2D eigenvalue weighted by Crippen LogP contribution is -2.42. The third-order valence-corrected chi connectivity index (χ3v) is 2.65. The van der Waals surface area contributed by atoms with Gasteiger partial charge in [-0.2, -0.15) is 5.26 Å². The van der Waals surface area contributed by atoms with Gasteiger partial charge in [0.1, 0.15) is 0 Å². The van der Waals surface area contributed by atoms with Crippen LogP contribution in [0.5, 0.6) is 0 Å². The van der Waals surface area contributed by atoms with Crippen LogP contribution >= 0.6 is 0 Å². The topological polar surface area (TPSA) is 70.1 Å². The van der Waals surface area contributed by atoms with Crippen LogP contribution in [0.1, 0.15) is 31.4 Å². The van der Waals surface area contributed by atoms with E-state index in [0.717, 1.165) is 12.0 Å². The maximum absolute atomic E-state index is 11.9. The fourth-order valence-corrected chi connectivity index (χ4v) is 1.73. The Hall–Kier alpha value is -1.86. The Kier molecular flexibility index (Phi) is 5.34. The number of amides is 1. The minimum atomic E-state index is -0.477. The van der Waals surface area contributed by atoms with Gasteiger partial charge in [-0.1, -0.05) is 19.1 Å². The quantitative estimate of drug-likeness (QED) is 0.857. The summed E-state index contributed by atoms with van der Waals surface area (Å²) >= 11 is 0. The first kappa shape index (κ1) is 14.2. The third kappa shape index (κ3) is 3.86. The molecule has 0 aliphatic heterocycles. The van der Waals surface area contributed by atoms with E-state index < -0.39 is 6.04 Å². The highest BCUT2D eigenvalue weighted by Crippen LogP contribution is 2.08. The maximum Gasteiger partial charge on any atom is 0.239 e. The van der Waals surface area contributed by atoms with Crippen molar-refractivity contribution >= 4 is 5.91 Å². The predicted molar refractivity (Wildman–Crippen MR) is 70.5 cm³/mol. The first-order chi connectivity index (χ1) is 8.58. The molecule has 1 rings (SSSR count). The summed E-state index contributed by atoms with van der Waals surface area (Å²) in [5.74, 6) is -0.0405. The van der Waals surface area contributed by atoms with Crippen molar-refractivity contribution in [2.75, 3.05) is 6.54 Å². The molecule has 0 heterocycles. The van der Waals surface area contributed by atoms with Gasteiger partial charge in [0.05, 0.1) is 17.7 Å². The maximum atomic E-state index is 11.9. The van der Waals surface area contributed by atoms with Crippen LogP contribution in [0, 0.1) is 11.3 Å². The van der Waals surface area contributed by atoms with Crippen LogP contribution in [0.3, 0.4) is 0 Å². The molecule has 1 atom stereocenters. The van der Waals surface area contributed by atoms with Gasteiger partial charge >= 0.3 is 0 Å². The Morgan fingerprint density at radius 1 is 1.44 bits per heavy atom. The van der Waals surface area contributed by atoms with E-state index in [1.165, 1.54) is 0 Å². The number of carbonyl (C=O) groups is 1. The number of nitriles is 1. The summed E-state index contributed by atoms with van der Waals surface area (Å²) in [6, 6.07) is 8.86. The summed E-state index contributed by atoms with van der Waals surface area (Å²) in [5.41, 5.74) is 7.27. The monoisotopic (exact) mass is 245 g/mol. The largest absolute Gasteiger partial charge is 0.337 e. The molecular formula is C14H19N3O. The lowest BCUT2D eigenvalue weighted by Gasteiger charge is -2.24.